The summed E-state index contributed by atoms with van der Waals surface area (Å²) in [6.07, 6.45) is 2.07. The highest BCUT2D eigenvalue weighted by Crippen LogP contribution is 2.22. The summed E-state index contributed by atoms with van der Waals surface area (Å²) in [7, 11) is 0. The number of nitrogens with zero attached hydrogens (tertiary/aromatic N) is 2. The van der Waals surface area contributed by atoms with E-state index in [0.717, 1.165) is 31.6 Å². The molecule has 2 aromatic rings. The predicted octanol–water partition coefficient (Wildman–Crippen LogP) is 2.57. The Morgan fingerprint density at radius 1 is 1.22 bits per heavy atom. The number of carboxylic acids is 1. The number of piperidine rings is 1. The summed E-state index contributed by atoms with van der Waals surface area (Å²) >= 11 is 0. The van der Waals surface area contributed by atoms with E-state index in [1.54, 1.807) is 24.3 Å². The van der Waals surface area contributed by atoms with Crippen molar-refractivity contribution in [3.8, 4) is 5.88 Å². The molecular formula is C17H19N3O3. The van der Waals surface area contributed by atoms with Crippen LogP contribution >= 0.6 is 0 Å². The van der Waals surface area contributed by atoms with Crippen molar-refractivity contribution < 1.29 is 15.0 Å². The van der Waals surface area contributed by atoms with E-state index in [4.69, 9.17) is 5.11 Å². The van der Waals surface area contributed by atoms with E-state index >= 15 is 0 Å². The molecule has 6 heteroatoms. The summed E-state index contributed by atoms with van der Waals surface area (Å²) < 4.78 is 0. The molecular weight excluding hydrogens is 294 g/mol. The fourth-order valence-electron chi connectivity index (χ4n) is 2.86. The molecule has 0 spiro atoms. The molecule has 1 aliphatic heterocycles. The molecule has 1 aliphatic rings. The molecule has 0 unspecified atom stereocenters. The van der Waals surface area contributed by atoms with E-state index in [9.17, 15) is 9.90 Å². The lowest BCUT2D eigenvalue weighted by Crippen LogP contribution is -2.42. The van der Waals surface area contributed by atoms with Crippen LogP contribution in [0.1, 0.15) is 23.2 Å². The standard InChI is InChI=1S/C17H19N3O3/c21-16-5-1-4-15(19-16)18-13-3-2-10-20(11-13)14-8-6-12(7-9-14)17(22)23/h1,4-9,13H,2-3,10-11H2,(H,22,23)(H2,18,19,21)/t13-/m0/s1. The summed E-state index contributed by atoms with van der Waals surface area (Å²) in [5, 5.41) is 21.7. The van der Waals surface area contributed by atoms with Crippen molar-refractivity contribution >= 4 is 17.5 Å². The zero-order valence-electron chi connectivity index (χ0n) is 12.6. The van der Waals surface area contributed by atoms with Gasteiger partial charge in [-0.05, 0) is 43.2 Å². The number of anilines is 2. The first-order valence-corrected chi connectivity index (χ1v) is 7.63. The molecule has 1 aromatic heterocycles. The minimum atomic E-state index is -0.912. The number of hydrogen-bond donors (Lipinski definition) is 3. The van der Waals surface area contributed by atoms with E-state index in [2.05, 4.69) is 15.2 Å². The van der Waals surface area contributed by atoms with Gasteiger partial charge in [-0.15, -0.1) is 0 Å². The number of nitrogens with one attached hydrogen (secondary N) is 1. The zero-order valence-corrected chi connectivity index (χ0v) is 12.6. The Morgan fingerprint density at radius 3 is 2.70 bits per heavy atom. The molecule has 120 valence electrons. The second-order valence-corrected chi connectivity index (χ2v) is 5.66. The van der Waals surface area contributed by atoms with Crippen LogP contribution in [0.4, 0.5) is 11.5 Å². The molecule has 0 radical (unpaired) electrons. The Morgan fingerprint density at radius 2 is 2.00 bits per heavy atom. The van der Waals surface area contributed by atoms with Crippen LogP contribution < -0.4 is 10.2 Å². The fourth-order valence-corrected chi connectivity index (χ4v) is 2.86. The van der Waals surface area contributed by atoms with Gasteiger partial charge in [0, 0.05) is 30.9 Å². The fraction of sp³-hybridized carbons (Fsp3) is 0.294. The molecule has 0 amide bonds. The van der Waals surface area contributed by atoms with Crippen LogP contribution in [0.2, 0.25) is 0 Å². The average Bonchev–Trinajstić information content (AvgIpc) is 2.55. The smallest absolute Gasteiger partial charge is 0.335 e. The number of aromatic hydroxyl groups is 1. The predicted molar refractivity (Wildman–Crippen MR) is 88.2 cm³/mol. The molecule has 0 bridgehead atoms. The minimum Gasteiger partial charge on any atom is -0.493 e. The maximum atomic E-state index is 10.9. The lowest BCUT2D eigenvalue weighted by Gasteiger charge is -2.35. The second kappa shape index (κ2) is 6.56. The summed E-state index contributed by atoms with van der Waals surface area (Å²) in [6.45, 7) is 1.75. The minimum absolute atomic E-state index is 0.00641. The lowest BCUT2D eigenvalue weighted by atomic mass is 10.0. The number of pyridine rings is 1. The maximum absolute atomic E-state index is 10.9. The van der Waals surface area contributed by atoms with Gasteiger partial charge < -0.3 is 20.4 Å². The Labute approximate surface area is 134 Å². The number of carbonyl (C=O) groups is 1. The van der Waals surface area contributed by atoms with Crippen LogP contribution in [0.5, 0.6) is 5.88 Å². The van der Waals surface area contributed by atoms with Crippen molar-refractivity contribution in [3.05, 3.63) is 48.0 Å². The van der Waals surface area contributed by atoms with Crippen molar-refractivity contribution in [2.45, 2.75) is 18.9 Å². The van der Waals surface area contributed by atoms with E-state index in [1.807, 2.05) is 18.2 Å². The van der Waals surface area contributed by atoms with Crippen LogP contribution in [0.25, 0.3) is 0 Å². The molecule has 0 aliphatic carbocycles. The number of carboxylic acid groups (broad SMARTS) is 1. The first-order valence-electron chi connectivity index (χ1n) is 7.63. The largest absolute Gasteiger partial charge is 0.493 e. The Kier molecular flexibility index (Phi) is 4.32. The quantitative estimate of drug-likeness (QED) is 0.804. The highest BCUT2D eigenvalue weighted by atomic mass is 16.4. The van der Waals surface area contributed by atoms with Gasteiger partial charge >= 0.3 is 5.97 Å². The van der Waals surface area contributed by atoms with Gasteiger partial charge in [-0.1, -0.05) is 6.07 Å². The normalized spacial score (nSPS) is 17.7. The highest BCUT2D eigenvalue weighted by molar-refractivity contribution is 5.88. The van der Waals surface area contributed by atoms with Crippen LogP contribution in [0.3, 0.4) is 0 Å². The number of hydrogen-bond acceptors (Lipinski definition) is 5. The second-order valence-electron chi connectivity index (χ2n) is 5.66. The lowest BCUT2D eigenvalue weighted by molar-refractivity contribution is 0.0697. The van der Waals surface area contributed by atoms with Crippen molar-refractivity contribution in [1.82, 2.24) is 4.98 Å². The van der Waals surface area contributed by atoms with Gasteiger partial charge in [-0.2, -0.15) is 4.98 Å². The monoisotopic (exact) mass is 313 g/mol. The molecule has 3 rings (SSSR count). The van der Waals surface area contributed by atoms with Crippen molar-refractivity contribution in [2.75, 3.05) is 23.3 Å². The first kappa shape index (κ1) is 15.1. The van der Waals surface area contributed by atoms with Gasteiger partial charge in [-0.3, -0.25) is 0 Å². The SMILES string of the molecule is O=C(O)c1ccc(N2CCC[C@H](Nc3cccc(O)n3)C2)cc1. The number of rotatable bonds is 4. The number of aromatic carboxylic acids is 1. The topological polar surface area (TPSA) is 85.7 Å². The zero-order chi connectivity index (χ0) is 16.2. The number of benzene rings is 1. The number of aromatic nitrogens is 1. The summed E-state index contributed by atoms with van der Waals surface area (Å²) in [5.41, 5.74) is 1.31. The van der Waals surface area contributed by atoms with E-state index in [0.29, 0.717) is 11.4 Å². The van der Waals surface area contributed by atoms with E-state index in [1.165, 1.54) is 0 Å². The molecule has 23 heavy (non-hydrogen) atoms. The Balaban J connectivity index is 1.67. The van der Waals surface area contributed by atoms with Gasteiger partial charge in [0.1, 0.15) is 5.82 Å². The molecule has 6 nitrogen and oxygen atoms in total. The van der Waals surface area contributed by atoms with Crippen LogP contribution in [0, 0.1) is 0 Å². The van der Waals surface area contributed by atoms with Crippen LogP contribution in [-0.2, 0) is 0 Å². The van der Waals surface area contributed by atoms with Crippen LogP contribution in [0.15, 0.2) is 42.5 Å². The van der Waals surface area contributed by atoms with Gasteiger partial charge in [0.2, 0.25) is 5.88 Å². The summed E-state index contributed by atoms with van der Waals surface area (Å²) in [6, 6.07) is 12.3. The maximum Gasteiger partial charge on any atom is 0.335 e. The summed E-state index contributed by atoms with van der Waals surface area (Å²) in [5.74, 6) is -0.241. The third-order valence-corrected chi connectivity index (χ3v) is 3.99. The third-order valence-electron chi connectivity index (χ3n) is 3.99. The third kappa shape index (κ3) is 3.71. The van der Waals surface area contributed by atoms with Gasteiger partial charge in [0.05, 0.1) is 5.56 Å². The van der Waals surface area contributed by atoms with Gasteiger partial charge in [0.25, 0.3) is 0 Å². The van der Waals surface area contributed by atoms with Gasteiger partial charge in [-0.25, -0.2) is 4.79 Å². The molecule has 0 saturated carbocycles. The Hall–Kier alpha value is -2.76. The van der Waals surface area contributed by atoms with Crippen molar-refractivity contribution in [1.29, 1.82) is 0 Å². The summed E-state index contributed by atoms with van der Waals surface area (Å²) in [4.78, 5) is 17.2. The van der Waals surface area contributed by atoms with Crippen molar-refractivity contribution in [3.63, 3.8) is 0 Å². The average molecular weight is 313 g/mol. The van der Waals surface area contributed by atoms with Crippen molar-refractivity contribution in [2.24, 2.45) is 0 Å². The molecule has 1 fully saturated rings. The van der Waals surface area contributed by atoms with E-state index < -0.39 is 5.97 Å². The van der Waals surface area contributed by atoms with Crippen LogP contribution in [-0.4, -0.2) is 40.3 Å². The molecule has 1 atom stereocenters. The molecule has 2 heterocycles. The molecule has 1 saturated heterocycles. The highest BCUT2D eigenvalue weighted by Gasteiger charge is 2.20. The Bertz CT molecular complexity index is 688. The first-order chi connectivity index (χ1) is 11.1. The molecule has 3 N–H and O–H groups in total. The van der Waals surface area contributed by atoms with Gasteiger partial charge in [0.15, 0.2) is 0 Å². The van der Waals surface area contributed by atoms with E-state index in [-0.39, 0.29) is 11.9 Å². The molecule has 1 aromatic carbocycles.